The van der Waals surface area contributed by atoms with Gasteiger partial charge in [-0.05, 0) is 33.1 Å². The van der Waals surface area contributed by atoms with Gasteiger partial charge in [0.15, 0.2) is 11.8 Å². The Balaban J connectivity index is 2.65. The largest absolute Gasteiger partial charge is 0.458 e. The predicted molar refractivity (Wildman–Crippen MR) is 70.0 cm³/mol. The molecule has 0 bridgehead atoms. The van der Waals surface area contributed by atoms with Crippen molar-refractivity contribution in [2.45, 2.75) is 70.4 Å². The zero-order valence-electron chi connectivity index (χ0n) is 11.7. The second-order valence-corrected chi connectivity index (χ2v) is 6.37. The van der Waals surface area contributed by atoms with Crippen LogP contribution in [0.3, 0.4) is 0 Å². The SMILES string of the molecule is CC(C)(C)OC(=O)[C@@](N)(C=O)CC1CCCCC1. The molecule has 0 radical (unpaired) electrons. The Morgan fingerprint density at radius 1 is 1.28 bits per heavy atom. The molecule has 1 atom stereocenters. The van der Waals surface area contributed by atoms with Gasteiger partial charge in [0.25, 0.3) is 0 Å². The first-order valence-electron chi connectivity index (χ1n) is 6.75. The predicted octanol–water partition coefficient (Wildman–Crippen LogP) is 2.19. The maximum Gasteiger partial charge on any atom is 0.334 e. The molecule has 0 saturated heterocycles. The average molecular weight is 255 g/mol. The fourth-order valence-electron chi connectivity index (χ4n) is 2.42. The van der Waals surface area contributed by atoms with Crippen molar-refractivity contribution in [2.75, 3.05) is 0 Å². The quantitative estimate of drug-likeness (QED) is 0.475. The summed E-state index contributed by atoms with van der Waals surface area (Å²) >= 11 is 0. The molecule has 0 unspecified atom stereocenters. The zero-order valence-corrected chi connectivity index (χ0v) is 11.7. The minimum absolute atomic E-state index is 0.362. The Hall–Kier alpha value is -0.900. The van der Waals surface area contributed by atoms with Crippen LogP contribution in [0.5, 0.6) is 0 Å². The van der Waals surface area contributed by atoms with Gasteiger partial charge >= 0.3 is 5.97 Å². The molecule has 0 aromatic rings. The normalized spacial score (nSPS) is 21.1. The number of carbonyl (C=O) groups is 2. The highest BCUT2D eigenvalue weighted by atomic mass is 16.6. The van der Waals surface area contributed by atoms with Crippen LogP contribution in [-0.2, 0) is 14.3 Å². The van der Waals surface area contributed by atoms with E-state index < -0.39 is 17.1 Å². The van der Waals surface area contributed by atoms with Gasteiger partial charge in [-0.1, -0.05) is 32.1 Å². The van der Waals surface area contributed by atoms with Crippen LogP contribution in [0.4, 0.5) is 0 Å². The van der Waals surface area contributed by atoms with Crippen molar-refractivity contribution >= 4 is 12.3 Å². The summed E-state index contributed by atoms with van der Waals surface area (Å²) in [4.78, 5) is 23.2. The molecule has 4 heteroatoms. The van der Waals surface area contributed by atoms with Crippen molar-refractivity contribution in [1.82, 2.24) is 0 Å². The van der Waals surface area contributed by atoms with Gasteiger partial charge < -0.3 is 15.3 Å². The number of ether oxygens (including phenoxy) is 1. The first-order chi connectivity index (χ1) is 8.27. The number of aldehydes is 1. The van der Waals surface area contributed by atoms with Crippen LogP contribution in [-0.4, -0.2) is 23.4 Å². The first-order valence-corrected chi connectivity index (χ1v) is 6.75. The first kappa shape index (κ1) is 15.2. The van der Waals surface area contributed by atoms with Gasteiger partial charge in [0.05, 0.1) is 0 Å². The molecule has 1 fully saturated rings. The summed E-state index contributed by atoms with van der Waals surface area (Å²) in [6, 6.07) is 0. The smallest absolute Gasteiger partial charge is 0.334 e. The summed E-state index contributed by atoms with van der Waals surface area (Å²) in [5, 5.41) is 0. The molecule has 18 heavy (non-hydrogen) atoms. The van der Waals surface area contributed by atoms with Crippen molar-refractivity contribution in [3.63, 3.8) is 0 Å². The molecule has 4 nitrogen and oxygen atoms in total. The molecule has 0 aromatic carbocycles. The number of hydrogen-bond acceptors (Lipinski definition) is 4. The molecule has 2 N–H and O–H groups in total. The number of carbonyl (C=O) groups excluding carboxylic acids is 2. The minimum Gasteiger partial charge on any atom is -0.458 e. The Bertz CT molecular complexity index is 303. The van der Waals surface area contributed by atoms with Gasteiger partial charge in [-0.25, -0.2) is 4.79 Å². The third kappa shape index (κ3) is 4.41. The monoisotopic (exact) mass is 255 g/mol. The summed E-state index contributed by atoms with van der Waals surface area (Å²) in [6.45, 7) is 5.32. The number of esters is 1. The fourth-order valence-corrected chi connectivity index (χ4v) is 2.42. The van der Waals surface area contributed by atoms with Gasteiger partial charge in [0, 0.05) is 0 Å². The van der Waals surface area contributed by atoms with Crippen LogP contribution < -0.4 is 5.73 Å². The topological polar surface area (TPSA) is 69.4 Å². The molecule has 1 aliphatic carbocycles. The number of hydrogen-bond donors (Lipinski definition) is 1. The maximum atomic E-state index is 12.0. The van der Waals surface area contributed by atoms with Crippen LogP contribution in [0.2, 0.25) is 0 Å². The summed E-state index contributed by atoms with van der Waals surface area (Å²) in [5.74, 6) is -0.239. The Morgan fingerprint density at radius 2 is 1.83 bits per heavy atom. The van der Waals surface area contributed by atoms with E-state index in [9.17, 15) is 9.59 Å². The number of rotatable bonds is 4. The molecule has 0 heterocycles. The van der Waals surface area contributed by atoms with E-state index in [-0.39, 0.29) is 0 Å². The lowest BCUT2D eigenvalue weighted by Gasteiger charge is -2.31. The molecular weight excluding hydrogens is 230 g/mol. The Kier molecular flexibility index (Phi) is 4.91. The van der Waals surface area contributed by atoms with Crippen molar-refractivity contribution < 1.29 is 14.3 Å². The van der Waals surface area contributed by atoms with Gasteiger partial charge in [-0.3, -0.25) is 0 Å². The van der Waals surface area contributed by atoms with E-state index in [2.05, 4.69) is 0 Å². The molecule has 0 spiro atoms. The third-order valence-corrected chi connectivity index (χ3v) is 3.34. The van der Waals surface area contributed by atoms with Crippen LogP contribution in [0.15, 0.2) is 0 Å². The fraction of sp³-hybridized carbons (Fsp3) is 0.857. The highest BCUT2D eigenvalue weighted by Crippen LogP contribution is 2.30. The summed E-state index contributed by atoms with van der Waals surface area (Å²) in [5.41, 5.74) is 3.85. The van der Waals surface area contributed by atoms with Crippen LogP contribution in [0, 0.1) is 5.92 Å². The van der Waals surface area contributed by atoms with Gasteiger partial charge in [-0.2, -0.15) is 0 Å². The molecule has 1 saturated carbocycles. The van der Waals surface area contributed by atoms with Crippen LogP contribution in [0.25, 0.3) is 0 Å². The van der Waals surface area contributed by atoms with Gasteiger partial charge in [0.2, 0.25) is 0 Å². The number of nitrogens with two attached hydrogens (primary N) is 1. The van der Waals surface area contributed by atoms with Gasteiger partial charge in [0.1, 0.15) is 5.60 Å². The van der Waals surface area contributed by atoms with Crippen LogP contribution >= 0.6 is 0 Å². The van der Waals surface area contributed by atoms with Crippen molar-refractivity contribution in [1.29, 1.82) is 0 Å². The second kappa shape index (κ2) is 5.83. The lowest BCUT2D eigenvalue weighted by Crippen LogP contribution is -2.53. The van der Waals surface area contributed by atoms with Crippen molar-refractivity contribution in [2.24, 2.45) is 11.7 Å². The maximum absolute atomic E-state index is 12.0. The lowest BCUT2D eigenvalue weighted by molar-refractivity contribution is -0.163. The van der Waals surface area contributed by atoms with Crippen LogP contribution in [0.1, 0.15) is 59.3 Å². The molecule has 0 aromatic heterocycles. The molecule has 1 aliphatic rings. The molecule has 0 amide bonds. The van der Waals surface area contributed by atoms with E-state index in [1.165, 1.54) is 6.42 Å². The standard InChI is InChI=1S/C14H25NO3/c1-13(2,3)18-12(17)14(15,10-16)9-11-7-5-4-6-8-11/h10-11H,4-9,15H2,1-3H3/t14-/m0/s1. The molecular formula is C14H25NO3. The van der Waals surface area contributed by atoms with E-state index in [0.29, 0.717) is 18.6 Å². The Labute approximate surface area is 109 Å². The van der Waals surface area contributed by atoms with E-state index >= 15 is 0 Å². The average Bonchev–Trinajstić information content (AvgIpc) is 2.28. The van der Waals surface area contributed by atoms with E-state index in [0.717, 1.165) is 25.7 Å². The molecule has 104 valence electrons. The van der Waals surface area contributed by atoms with Gasteiger partial charge in [-0.15, -0.1) is 0 Å². The summed E-state index contributed by atoms with van der Waals surface area (Å²) in [7, 11) is 0. The molecule has 0 aliphatic heterocycles. The van der Waals surface area contributed by atoms with E-state index in [1.807, 2.05) is 0 Å². The minimum atomic E-state index is -1.48. The summed E-state index contributed by atoms with van der Waals surface area (Å²) < 4.78 is 5.24. The van der Waals surface area contributed by atoms with Crippen molar-refractivity contribution in [3.8, 4) is 0 Å². The van der Waals surface area contributed by atoms with E-state index in [4.69, 9.17) is 10.5 Å². The van der Waals surface area contributed by atoms with E-state index in [1.54, 1.807) is 20.8 Å². The highest BCUT2D eigenvalue weighted by Gasteiger charge is 2.40. The third-order valence-electron chi connectivity index (χ3n) is 3.34. The summed E-state index contributed by atoms with van der Waals surface area (Å²) in [6.07, 6.45) is 6.62. The Morgan fingerprint density at radius 3 is 2.28 bits per heavy atom. The highest BCUT2D eigenvalue weighted by molar-refractivity contribution is 5.98. The zero-order chi connectivity index (χ0) is 13.8. The molecule has 1 rings (SSSR count). The second-order valence-electron chi connectivity index (χ2n) is 6.37. The van der Waals surface area contributed by atoms with Crippen molar-refractivity contribution in [3.05, 3.63) is 0 Å². The lowest BCUT2D eigenvalue weighted by atomic mass is 9.80.